The second kappa shape index (κ2) is 5.94. The van der Waals surface area contributed by atoms with Crippen LogP contribution in [0.2, 0.25) is 0 Å². The summed E-state index contributed by atoms with van der Waals surface area (Å²) in [6.45, 7) is 0.719. The minimum atomic E-state index is -0.488. The van der Waals surface area contributed by atoms with Gasteiger partial charge in [-0.05, 0) is 38.7 Å². The van der Waals surface area contributed by atoms with Crippen LogP contribution in [0.25, 0.3) is 0 Å². The van der Waals surface area contributed by atoms with E-state index in [1.807, 2.05) is 19.0 Å². The standard InChI is InChI=1S/C8H15ClN2O2/c1-11(2)4-3-6(8(9)13)5-7(10)12/h6H,3-5H2,1-2H3,(H2,10,12). The zero-order chi connectivity index (χ0) is 10.4. The molecule has 2 N–H and O–H groups in total. The summed E-state index contributed by atoms with van der Waals surface area (Å²) in [5.74, 6) is -0.931. The summed E-state index contributed by atoms with van der Waals surface area (Å²) >= 11 is 5.31. The van der Waals surface area contributed by atoms with Crippen molar-refractivity contribution in [2.24, 2.45) is 11.7 Å². The average Bonchev–Trinajstić information content (AvgIpc) is 1.96. The largest absolute Gasteiger partial charge is 0.370 e. The summed E-state index contributed by atoms with van der Waals surface area (Å²) in [6.07, 6.45) is 0.606. The zero-order valence-electron chi connectivity index (χ0n) is 7.92. The van der Waals surface area contributed by atoms with Gasteiger partial charge in [-0.3, -0.25) is 9.59 Å². The summed E-state index contributed by atoms with van der Waals surface area (Å²) < 4.78 is 0. The minimum absolute atomic E-state index is 0.0379. The second-order valence-corrected chi connectivity index (χ2v) is 3.64. The van der Waals surface area contributed by atoms with Crippen LogP contribution in [0.15, 0.2) is 0 Å². The van der Waals surface area contributed by atoms with Gasteiger partial charge in [-0.15, -0.1) is 0 Å². The van der Waals surface area contributed by atoms with Crippen LogP contribution in [-0.2, 0) is 9.59 Å². The van der Waals surface area contributed by atoms with E-state index in [0.29, 0.717) is 6.42 Å². The molecule has 0 spiro atoms. The van der Waals surface area contributed by atoms with Gasteiger partial charge in [0.05, 0.1) is 0 Å². The Kier molecular flexibility index (Phi) is 5.66. The molecule has 5 heteroatoms. The Hall–Kier alpha value is -0.610. The molecule has 0 rings (SSSR count). The molecule has 76 valence electrons. The molecule has 1 unspecified atom stereocenters. The van der Waals surface area contributed by atoms with Crippen molar-refractivity contribution in [3.05, 3.63) is 0 Å². The van der Waals surface area contributed by atoms with Crippen molar-refractivity contribution in [1.29, 1.82) is 0 Å². The van der Waals surface area contributed by atoms with Crippen LogP contribution in [-0.4, -0.2) is 36.7 Å². The number of rotatable bonds is 6. The molecule has 13 heavy (non-hydrogen) atoms. The van der Waals surface area contributed by atoms with Crippen LogP contribution in [0.3, 0.4) is 0 Å². The van der Waals surface area contributed by atoms with Crippen molar-refractivity contribution in [2.45, 2.75) is 12.8 Å². The lowest BCUT2D eigenvalue weighted by molar-refractivity contribution is -0.123. The van der Waals surface area contributed by atoms with E-state index in [2.05, 4.69) is 0 Å². The van der Waals surface area contributed by atoms with Crippen molar-refractivity contribution >= 4 is 22.8 Å². The Balaban J connectivity index is 3.95. The van der Waals surface area contributed by atoms with E-state index in [0.717, 1.165) is 6.54 Å². The highest BCUT2D eigenvalue weighted by molar-refractivity contribution is 6.64. The molecule has 0 bridgehead atoms. The Morgan fingerprint density at radius 1 is 1.46 bits per heavy atom. The number of hydrogen-bond acceptors (Lipinski definition) is 3. The fourth-order valence-electron chi connectivity index (χ4n) is 0.953. The first-order valence-corrected chi connectivity index (χ1v) is 4.43. The Bertz CT molecular complexity index is 195. The fraction of sp³-hybridized carbons (Fsp3) is 0.750. The Morgan fingerprint density at radius 3 is 2.31 bits per heavy atom. The lowest BCUT2D eigenvalue weighted by atomic mass is 10.0. The van der Waals surface area contributed by atoms with Gasteiger partial charge in [0.25, 0.3) is 0 Å². The van der Waals surface area contributed by atoms with Crippen LogP contribution >= 0.6 is 11.6 Å². The average molecular weight is 207 g/mol. The summed E-state index contributed by atoms with van der Waals surface area (Å²) in [7, 11) is 3.78. The number of carbonyl (C=O) groups is 2. The van der Waals surface area contributed by atoms with Gasteiger partial charge in [0.15, 0.2) is 0 Å². The highest BCUT2D eigenvalue weighted by Gasteiger charge is 2.18. The Morgan fingerprint density at radius 2 is 2.00 bits per heavy atom. The molecule has 4 nitrogen and oxygen atoms in total. The minimum Gasteiger partial charge on any atom is -0.370 e. The lowest BCUT2D eigenvalue weighted by Gasteiger charge is -2.14. The smallest absolute Gasteiger partial charge is 0.225 e. The van der Waals surface area contributed by atoms with Crippen LogP contribution in [0.1, 0.15) is 12.8 Å². The second-order valence-electron chi connectivity index (χ2n) is 3.26. The zero-order valence-corrected chi connectivity index (χ0v) is 8.67. The van der Waals surface area contributed by atoms with Gasteiger partial charge in [-0.1, -0.05) is 0 Å². The number of nitrogens with zero attached hydrogens (tertiary/aromatic N) is 1. The summed E-state index contributed by atoms with van der Waals surface area (Å²) in [5, 5.41) is -0.486. The number of hydrogen-bond donors (Lipinski definition) is 1. The van der Waals surface area contributed by atoms with E-state index in [1.54, 1.807) is 0 Å². The van der Waals surface area contributed by atoms with Gasteiger partial charge in [-0.2, -0.15) is 0 Å². The van der Waals surface area contributed by atoms with Gasteiger partial charge in [0.1, 0.15) is 0 Å². The molecule has 0 saturated carbocycles. The molecule has 0 aromatic carbocycles. The van der Waals surface area contributed by atoms with Crippen LogP contribution in [0, 0.1) is 5.92 Å². The molecule has 1 amide bonds. The van der Waals surface area contributed by atoms with E-state index in [1.165, 1.54) is 0 Å². The number of amides is 1. The molecule has 0 radical (unpaired) electrons. The first-order chi connectivity index (χ1) is 5.93. The van der Waals surface area contributed by atoms with Gasteiger partial charge >= 0.3 is 0 Å². The third kappa shape index (κ3) is 6.54. The predicted octanol–water partition coefficient (Wildman–Crippen LogP) is 0.195. The van der Waals surface area contributed by atoms with E-state index >= 15 is 0 Å². The quantitative estimate of drug-likeness (QED) is 0.632. The number of carbonyl (C=O) groups excluding carboxylic acids is 2. The maximum atomic E-state index is 10.8. The summed E-state index contributed by atoms with van der Waals surface area (Å²) in [5.41, 5.74) is 4.97. The van der Waals surface area contributed by atoms with E-state index in [4.69, 9.17) is 17.3 Å². The maximum Gasteiger partial charge on any atom is 0.225 e. The third-order valence-corrected chi connectivity index (χ3v) is 2.00. The van der Waals surface area contributed by atoms with Crippen molar-refractivity contribution in [3.8, 4) is 0 Å². The predicted molar refractivity (Wildman–Crippen MR) is 51.3 cm³/mol. The van der Waals surface area contributed by atoms with Gasteiger partial charge in [0.2, 0.25) is 11.1 Å². The summed E-state index contributed by atoms with van der Waals surface area (Å²) in [4.78, 5) is 23.3. The normalized spacial score (nSPS) is 12.9. The van der Waals surface area contributed by atoms with Gasteiger partial charge in [-0.25, -0.2) is 0 Å². The molecule has 0 heterocycles. The van der Waals surface area contributed by atoms with E-state index < -0.39 is 17.1 Å². The monoisotopic (exact) mass is 206 g/mol. The van der Waals surface area contributed by atoms with E-state index in [9.17, 15) is 9.59 Å². The topological polar surface area (TPSA) is 63.4 Å². The highest BCUT2D eigenvalue weighted by atomic mass is 35.5. The van der Waals surface area contributed by atoms with Crippen LogP contribution in [0.4, 0.5) is 0 Å². The maximum absolute atomic E-state index is 10.8. The molecule has 0 aliphatic carbocycles. The highest BCUT2D eigenvalue weighted by Crippen LogP contribution is 2.12. The molecular formula is C8H15ClN2O2. The van der Waals surface area contributed by atoms with Gasteiger partial charge < -0.3 is 10.6 Å². The first-order valence-electron chi connectivity index (χ1n) is 4.06. The van der Waals surface area contributed by atoms with E-state index in [-0.39, 0.29) is 6.42 Å². The molecule has 0 fully saturated rings. The van der Waals surface area contributed by atoms with Gasteiger partial charge in [0, 0.05) is 12.3 Å². The Labute approximate surface area is 83.0 Å². The van der Waals surface area contributed by atoms with Crippen molar-refractivity contribution in [2.75, 3.05) is 20.6 Å². The summed E-state index contributed by atoms with van der Waals surface area (Å²) in [6, 6.07) is 0. The molecule has 0 aromatic rings. The number of primary amides is 1. The first kappa shape index (κ1) is 12.4. The molecule has 0 saturated heterocycles. The molecular weight excluding hydrogens is 192 g/mol. The fourth-order valence-corrected chi connectivity index (χ4v) is 1.14. The SMILES string of the molecule is CN(C)CCC(CC(N)=O)C(=O)Cl. The number of halogens is 1. The van der Waals surface area contributed by atoms with Crippen LogP contribution in [0.5, 0.6) is 0 Å². The molecule has 0 aliphatic rings. The van der Waals surface area contributed by atoms with Crippen LogP contribution < -0.4 is 5.73 Å². The van der Waals surface area contributed by atoms with Crippen molar-refractivity contribution in [3.63, 3.8) is 0 Å². The molecule has 1 atom stereocenters. The molecule has 0 aliphatic heterocycles. The number of nitrogens with two attached hydrogens (primary N) is 1. The lowest BCUT2D eigenvalue weighted by Crippen LogP contribution is -2.24. The third-order valence-electron chi connectivity index (χ3n) is 1.69. The van der Waals surface area contributed by atoms with Crippen molar-refractivity contribution < 1.29 is 9.59 Å². The molecule has 0 aromatic heterocycles. The van der Waals surface area contributed by atoms with Crippen molar-refractivity contribution in [1.82, 2.24) is 4.90 Å².